The van der Waals surface area contributed by atoms with Crippen molar-refractivity contribution < 1.29 is 4.39 Å². The third-order valence-electron chi connectivity index (χ3n) is 4.89. The van der Waals surface area contributed by atoms with Crippen LogP contribution in [-0.4, -0.2) is 0 Å². The Morgan fingerprint density at radius 2 is 1.31 bits per heavy atom. The molecule has 16 heavy (non-hydrogen) atoms. The van der Waals surface area contributed by atoms with Crippen molar-refractivity contribution in [3.05, 3.63) is 12.4 Å². The van der Waals surface area contributed by atoms with Gasteiger partial charge >= 0.3 is 0 Å². The molecule has 0 radical (unpaired) electrons. The monoisotopic (exact) mass is 224 g/mol. The summed E-state index contributed by atoms with van der Waals surface area (Å²) in [6.07, 6.45) is 13.4. The minimum atomic E-state index is 0.531. The van der Waals surface area contributed by atoms with Crippen LogP contribution in [0.25, 0.3) is 0 Å². The molecule has 0 nitrogen and oxygen atoms in total. The topological polar surface area (TPSA) is 0 Å². The largest absolute Gasteiger partial charge is 0.216 e. The highest BCUT2D eigenvalue weighted by Crippen LogP contribution is 2.41. The van der Waals surface area contributed by atoms with E-state index in [0.29, 0.717) is 5.92 Å². The first-order valence-electron chi connectivity index (χ1n) is 7.06. The van der Waals surface area contributed by atoms with Crippen molar-refractivity contribution in [2.45, 2.75) is 58.3 Å². The van der Waals surface area contributed by atoms with E-state index < -0.39 is 0 Å². The molecular weight excluding hydrogens is 199 g/mol. The molecule has 92 valence electrons. The van der Waals surface area contributed by atoms with Crippen LogP contribution in [0.1, 0.15) is 58.3 Å². The number of hydrogen-bond acceptors (Lipinski definition) is 0. The maximum Gasteiger partial charge on any atom is 0.0829 e. The molecule has 0 aromatic rings. The van der Waals surface area contributed by atoms with Crippen molar-refractivity contribution in [1.29, 1.82) is 0 Å². The van der Waals surface area contributed by atoms with Crippen LogP contribution < -0.4 is 0 Å². The second-order valence-corrected chi connectivity index (χ2v) is 6.01. The molecule has 0 aromatic heterocycles. The summed E-state index contributed by atoms with van der Waals surface area (Å²) in [5, 5.41) is 0. The van der Waals surface area contributed by atoms with Crippen molar-refractivity contribution in [2.24, 2.45) is 23.7 Å². The van der Waals surface area contributed by atoms with Gasteiger partial charge in [-0.1, -0.05) is 25.8 Å². The lowest BCUT2D eigenvalue weighted by molar-refractivity contribution is 0.160. The summed E-state index contributed by atoms with van der Waals surface area (Å²) in [4.78, 5) is 0. The minimum Gasteiger partial charge on any atom is -0.216 e. The summed E-state index contributed by atoms with van der Waals surface area (Å²) in [7, 11) is 0. The normalized spacial score (nSPS) is 41.4. The van der Waals surface area contributed by atoms with E-state index in [0.717, 1.165) is 24.1 Å². The molecule has 0 amide bonds. The molecule has 2 saturated carbocycles. The quantitative estimate of drug-likeness (QED) is 0.612. The van der Waals surface area contributed by atoms with E-state index in [2.05, 4.69) is 6.92 Å². The first-order valence-corrected chi connectivity index (χ1v) is 7.06. The van der Waals surface area contributed by atoms with Crippen LogP contribution in [0, 0.1) is 23.7 Å². The molecule has 0 N–H and O–H groups in total. The van der Waals surface area contributed by atoms with Gasteiger partial charge in [0, 0.05) is 0 Å². The van der Waals surface area contributed by atoms with Gasteiger partial charge < -0.3 is 0 Å². The maximum atomic E-state index is 12.1. The molecule has 0 aliphatic heterocycles. The third-order valence-corrected chi connectivity index (χ3v) is 4.89. The van der Waals surface area contributed by atoms with Crippen molar-refractivity contribution >= 4 is 0 Å². The highest BCUT2D eigenvalue weighted by atomic mass is 19.1. The number of halogens is 1. The molecule has 2 fully saturated rings. The minimum absolute atomic E-state index is 0.531. The van der Waals surface area contributed by atoms with Crippen LogP contribution in [0.2, 0.25) is 0 Å². The van der Waals surface area contributed by atoms with E-state index in [1.165, 1.54) is 51.4 Å². The van der Waals surface area contributed by atoms with Gasteiger partial charge in [-0.15, -0.1) is 0 Å². The molecule has 2 rings (SSSR count). The Balaban J connectivity index is 1.76. The Labute approximate surface area is 99.3 Å². The summed E-state index contributed by atoms with van der Waals surface area (Å²) in [6.45, 7) is 2.39. The van der Waals surface area contributed by atoms with E-state index in [9.17, 15) is 4.39 Å². The summed E-state index contributed by atoms with van der Waals surface area (Å²) in [5.74, 6) is 3.44. The Bertz CT molecular complexity index is 218. The van der Waals surface area contributed by atoms with E-state index >= 15 is 0 Å². The molecule has 0 bridgehead atoms. The lowest BCUT2D eigenvalue weighted by Gasteiger charge is -2.36. The second-order valence-electron chi connectivity index (χ2n) is 6.01. The summed E-state index contributed by atoms with van der Waals surface area (Å²) in [5.41, 5.74) is 0. The lowest BCUT2D eigenvalue weighted by atomic mass is 9.69. The van der Waals surface area contributed by atoms with Gasteiger partial charge in [-0.05, 0) is 62.2 Å². The molecule has 0 saturated heterocycles. The van der Waals surface area contributed by atoms with E-state index in [4.69, 9.17) is 0 Å². The Hall–Kier alpha value is -0.330. The molecule has 0 heterocycles. The molecule has 0 unspecified atom stereocenters. The van der Waals surface area contributed by atoms with Gasteiger partial charge in [0.2, 0.25) is 0 Å². The van der Waals surface area contributed by atoms with Gasteiger partial charge in [-0.3, -0.25) is 0 Å². The van der Waals surface area contributed by atoms with Gasteiger partial charge in [0.1, 0.15) is 0 Å². The number of hydrogen-bond donors (Lipinski definition) is 0. The Kier molecular flexibility index (Phi) is 4.43. The zero-order valence-corrected chi connectivity index (χ0v) is 10.5. The van der Waals surface area contributed by atoms with Crippen LogP contribution in [0.5, 0.6) is 0 Å². The van der Waals surface area contributed by atoms with Crippen molar-refractivity contribution in [3.63, 3.8) is 0 Å². The predicted molar refractivity (Wildman–Crippen MR) is 66.8 cm³/mol. The van der Waals surface area contributed by atoms with Crippen LogP contribution in [0.3, 0.4) is 0 Å². The molecule has 0 spiro atoms. The predicted octanol–water partition coefficient (Wildman–Crippen LogP) is 5.10. The standard InChI is InChI=1S/C15H25F/c1-12-2-6-14(7-3-12)15-8-4-13(5-9-15)10-11-16/h10-15H,2-9H2,1H3/b11-10+. The molecule has 2 aliphatic carbocycles. The van der Waals surface area contributed by atoms with Crippen molar-refractivity contribution in [3.8, 4) is 0 Å². The first-order chi connectivity index (χ1) is 7.79. The van der Waals surface area contributed by atoms with Gasteiger partial charge in [-0.2, -0.15) is 0 Å². The van der Waals surface area contributed by atoms with Crippen LogP contribution in [0.4, 0.5) is 4.39 Å². The average Bonchev–Trinajstić information content (AvgIpc) is 2.32. The Morgan fingerprint density at radius 1 is 0.812 bits per heavy atom. The van der Waals surface area contributed by atoms with Crippen LogP contribution in [0.15, 0.2) is 12.4 Å². The highest BCUT2D eigenvalue weighted by Gasteiger charge is 2.29. The molecule has 2 aliphatic rings. The van der Waals surface area contributed by atoms with E-state index in [-0.39, 0.29) is 0 Å². The van der Waals surface area contributed by atoms with Gasteiger partial charge in [-0.25, -0.2) is 4.39 Å². The first kappa shape index (κ1) is 12.1. The molecule has 0 atom stereocenters. The van der Waals surface area contributed by atoms with Crippen LogP contribution >= 0.6 is 0 Å². The smallest absolute Gasteiger partial charge is 0.0829 e. The summed E-state index contributed by atoms with van der Waals surface area (Å²) in [6, 6.07) is 0. The van der Waals surface area contributed by atoms with E-state index in [1.807, 2.05) is 0 Å². The number of allylic oxidation sites excluding steroid dienone is 1. The highest BCUT2D eigenvalue weighted by molar-refractivity contribution is 4.88. The molecular formula is C15H25F. The van der Waals surface area contributed by atoms with Gasteiger partial charge in [0.25, 0.3) is 0 Å². The van der Waals surface area contributed by atoms with Crippen LogP contribution in [-0.2, 0) is 0 Å². The van der Waals surface area contributed by atoms with E-state index in [1.54, 1.807) is 6.08 Å². The fraction of sp³-hybridized carbons (Fsp3) is 0.867. The zero-order valence-electron chi connectivity index (χ0n) is 10.5. The Morgan fingerprint density at radius 3 is 1.81 bits per heavy atom. The van der Waals surface area contributed by atoms with Gasteiger partial charge in [0.15, 0.2) is 0 Å². The molecule has 1 heteroatoms. The van der Waals surface area contributed by atoms with Gasteiger partial charge in [0.05, 0.1) is 6.33 Å². The average molecular weight is 224 g/mol. The molecule has 0 aromatic carbocycles. The SMILES string of the molecule is CC1CCC(C2CCC(/C=C/F)CC2)CC1. The van der Waals surface area contributed by atoms with Crippen molar-refractivity contribution in [1.82, 2.24) is 0 Å². The zero-order chi connectivity index (χ0) is 11.4. The third kappa shape index (κ3) is 3.09. The fourth-order valence-corrected chi connectivity index (χ4v) is 3.67. The van der Waals surface area contributed by atoms with Crippen molar-refractivity contribution in [2.75, 3.05) is 0 Å². The number of rotatable bonds is 2. The fourth-order valence-electron chi connectivity index (χ4n) is 3.67. The lowest BCUT2D eigenvalue weighted by Crippen LogP contribution is -2.24. The maximum absolute atomic E-state index is 12.1. The summed E-state index contributed by atoms with van der Waals surface area (Å²) >= 11 is 0. The summed E-state index contributed by atoms with van der Waals surface area (Å²) < 4.78 is 12.1. The second kappa shape index (κ2) is 5.84.